The summed E-state index contributed by atoms with van der Waals surface area (Å²) in [5, 5.41) is 12.8. The number of allylic oxidation sites excluding steroid dienone is 2. The van der Waals surface area contributed by atoms with Crippen molar-refractivity contribution >= 4 is 35.0 Å². The van der Waals surface area contributed by atoms with Gasteiger partial charge in [0.15, 0.2) is 11.6 Å². The first kappa shape index (κ1) is 14.3. The molecule has 3 nitrogen and oxygen atoms in total. The van der Waals surface area contributed by atoms with Gasteiger partial charge in [0.2, 0.25) is 0 Å². The maximum absolute atomic E-state index is 12.2. The number of ketones is 2. The Morgan fingerprint density at radius 1 is 1.00 bits per heavy atom. The molecule has 0 saturated heterocycles. The molecule has 0 aromatic heterocycles. The zero-order chi connectivity index (χ0) is 15.7. The molecule has 0 heterocycles. The summed E-state index contributed by atoms with van der Waals surface area (Å²) < 4.78 is 0. The summed E-state index contributed by atoms with van der Waals surface area (Å²) in [6.07, 6.45) is 2.79. The molecule has 2 aromatic rings. The largest absolute Gasteiger partial charge is 0.871 e. The SMILES string of the molecule is O=C(C=Cc1ccc(Cl)cc1)C1=C([O-])c2ccccc2C1=O. The third-order valence-corrected chi connectivity index (χ3v) is 3.67. The number of hydrogen-bond acceptors (Lipinski definition) is 3. The molecule has 0 spiro atoms. The van der Waals surface area contributed by atoms with Crippen LogP contribution >= 0.6 is 11.6 Å². The van der Waals surface area contributed by atoms with Gasteiger partial charge in [0.05, 0.1) is 5.57 Å². The van der Waals surface area contributed by atoms with E-state index in [2.05, 4.69) is 0 Å². The van der Waals surface area contributed by atoms with Gasteiger partial charge >= 0.3 is 0 Å². The normalized spacial score (nSPS) is 13.8. The predicted molar refractivity (Wildman–Crippen MR) is 83.2 cm³/mol. The Morgan fingerprint density at radius 2 is 1.64 bits per heavy atom. The van der Waals surface area contributed by atoms with Crippen LogP contribution < -0.4 is 5.11 Å². The highest BCUT2D eigenvalue weighted by atomic mass is 35.5. The lowest BCUT2D eigenvalue weighted by Gasteiger charge is -2.09. The van der Waals surface area contributed by atoms with Crippen LogP contribution in [0, 0.1) is 0 Å². The molecule has 22 heavy (non-hydrogen) atoms. The third-order valence-electron chi connectivity index (χ3n) is 3.41. The van der Waals surface area contributed by atoms with Crippen molar-refractivity contribution in [2.75, 3.05) is 0 Å². The first-order valence-corrected chi connectivity index (χ1v) is 6.99. The van der Waals surface area contributed by atoms with Crippen LogP contribution in [0.15, 0.2) is 60.2 Å². The second-order valence-corrected chi connectivity index (χ2v) is 5.26. The average Bonchev–Trinajstić information content (AvgIpc) is 2.79. The number of fused-ring (bicyclic) bond motifs is 1. The Morgan fingerprint density at radius 3 is 2.27 bits per heavy atom. The fourth-order valence-electron chi connectivity index (χ4n) is 2.30. The van der Waals surface area contributed by atoms with E-state index >= 15 is 0 Å². The predicted octanol–water partition coefficient (Wildman–Crippen LogP) is 2.89. The highest BCUT2D eigenvalue weighted by Gasteiger charge is 2.27. The molecule has 0 amide bonds. The van der Waals surface area contributed by atoms with Crippen LogP contribution in [-0.4, -0.2) is 11.6 Å². The summed E-state index contributed by atoms with van der Waals surface area (Å²) in [5.41, 5.74) is 1.03. The molecule has 4 heteroatoms. The average molecular weight is 310 g/mol. The van der Waals surface area contributed by atoms with Crippen LogP contribution in [0.4, 0.5) is 0 Å². The highest BCUT2D eigenvalue weighted by Crippen LogP contribution is 2.29. The van der Waals surface area contributed by atoms with Crippen molar-refractivity contribution in [3.8, 4) is 0 Å². The Kier molecular flexibility index (Phi) is 3.65. The summed E-state index contributed by atoms with van der Waals surface area (Å²) in [4.78, 5) is 24.4. The van der Waals surface area contributed by atoms with E-state index in [9.17, 15) is 14.7 Å². The summed E-state index contributed by atoms with van der Waals surface area (Å²) in [5.74, 6) is -1.60. The molecule has 0 aliphatic heterocycles. The van der Waals surface area contributed by atoms with E-state index in [0.29, 0.717) is 5.02 Å². The quantitative estimate of drug-likeness (QED) is 0.647. The molecular weight excluding hydrogens is 300 g/mol. The Bertz CT molecular complexity index is 830. The van der Waals surface area contributed by atoms with Crippen LogP contribution in [0.2, 0.25) is 5.02 Å². The van der Waals surface area contributed by atoms with Crippen molar-refractivity contribution in [1.82, 2.24) is 0 Å². The minimum Gasteiger partial charge on any atom is -0.871 e. The van der Waals surface area contributed by atoms with Crippen LogP contribution in [0.3, 0.4) is 0 Å². The van der Waals surface area contributed by atoms with Crippen molar-refractivity contribution in [1.29, 1.82) is 0 Å². The van der Waals surface area contributed by atoms with Crippen molar-refractivity contribution in [2.45, 2.75) is 0 Å². The van der Waals surface area contributed by atoms with Gasteiger partial charge in [-0.15, -0.1) is 0 Å². The minimum absolute atomic E-state index is 0.288. The van der Waals surface area contributed by atoms with Crippen molar-refractivity contribution in [3.05, 3.63) is 81.9 Å². The van der Waals surface area contributed by atoms with Gasteiger partial charge in [0.1, 0.15) is 0 Å². The number of carbonyl (C=O) groups excluding carboxylic acids is 2. The van der Waals surface area contributed by atoms with Gasteiger partial charge < -0.3 is 5.11 Å². The van der Waals surface area contributed by atoms with Crippen LogP contribution in [0.25, 0.3) is 11.8 Å². The molecular formula is C18H10ClO3-. The van der Waals surface area contributed by atoms with Gasteiger partial charge in [-0.3, -0.25) is 9.59 Å². The first-order valence-electron chi connectivity index (χ1n) is 6.61. The summed E-state index contributed by atoms with van der Waals surface area (Å²) in [7, 11) is 0. The Balaban J connectivity index is 1.89. The number of rotatable bonds is 3. The minimum atomic E-state index is -0.582. The fourth-order valence-corrected chi connectivity index (χ4v) is 2.43. The van der Waals surface area contributed by atoms with Crippen LogP contribution in [0.5, 0.6) is 0 Å². The monoisotopic (exact) mass is 309 g/mol. The Hall–Kier alpha value is -2.65. The van der Waals surface area contributed by atoms with E-state index in [1.54, 1.807) is 54.6 Å². The molecule has 0 bridgehead atoms. The highest BCUT2D eigenvalue weighted by molar-refractivity contribution is 6.36. The molecule has 0 atom stereocenters. The zero-order valence-corrected chi connectivity index (χ0v) is 12.1. The van der Waals surface area contributed by atoms with Crippen molar-refractivity contribution < 1.29 is 14.7 Å². The number of benzene rings is 2. The van der Waals surface area contributed by atoms with Crippen LogP contribution in [-0.2, 0) is 4.79 Å². The molecule has 1 aliphatic carbocycles. The smallest absolute Gasteiger partial charge is 0.196 e. The van der Waals surface area contributed by atoms with E-state index in [1.807, 2.05) is 0 Å². The van der Waals surface area contributed by atoms with E-state index < -0.39 is 17.3 Å². The standard InChI is InChI=1S/C18H11ClO3/c19-12-8-5-11(6-9-12)7-10-15(20)16-17(21)13-3-1-2-4-14(13)18(16)22/h1-10,21H/p-1. The van der Waals surface area contributed by atoms with Gasteiger partial charge in [-0.1, -0.05) is 59.8 Å². The molecule has 108 valence electrons. The van der Waals surface area contributed by atoms with Gasteiger partial charge in [-0.25, -0.2) is 0 Å². The molecule has 0 radical (unpaired) electrons. The Labute approximate surface area is 132 Å². The van der Waals surface area contributed by atoms with Gasteiger partial charge in [0.25, 0.3) is 0 Å². The van der Waals surface area contributed by atoms with E-state index in [0.717, 1.165) is 5.56 Å². The third kappa shape index (κ3) is 2.47. The summed E-state index contributed by atoms with van der Waals surface area (Å²) in [6, 6.07) is 13.3. The number of halogens is 1. The maximum atomic E-state index is 12.2. The van der Waals surface area contributed by atoms with Crippen molar-refractivity contribution in [2.24, 2.45) is 0 Å². The van der Waals surface area contributed by atoms with Crippen molar-refractivity contribution in [3.63, 3.8) is 0 Å². The molecule has 0 N–H and O–H groups in total. The second kappa shape index (κ2) is 5.62. The lowest BCUT2D eigenvalue weighted by Crippen LogP contribution is -2.11. The molecule has 0 fully saturated rings. The molecule has 1 aliphatic rings. The van der Waals surface area contributed by atoms with Gasteiger partial charge in [-0.2, -0.15) is 0 Å². The topological polar surface area (TPSA) is 57.2 Å². The number of Topliss-reactive ketones (excluding diaryl/α,β-unsaturated/α-hetero) is 1. The first-order chi connectivity index (χ1) is 10.6. The molecule has 0 unspecified atom stereocenters. The summed E-state index contributed by atoms with van der Waals surface area (Å²) in [6.45, 7) is 0. The van der Waals surface area contributed by atoms with Gasteiger partial charge in [0, 0.05) is 10.6 Å². The van der Waals surface area contributed by atoms with E-state index in [1.165, 1.54) is 6.08 Å². The van der Waals surface area contributed by atoms with Crippen LogP contribution in [0.1, 0.15) is 21.5 Å². The summed E-state index contributed by atoms with van der Waals surface area (Å²) >= 11 is 5.78. The second-order valence-electron chi connectivity index (χ2n) is 4.83. The lowest BCUT2D eigenvalue weighted by atomic mass is 10.1. The molecule has 0 saturated carbocycles. The van der Waals surface area contributed by atoms with E-state index in [-0.39, 0.29) is 16.7 Å². The van der Waals surface area contributed by atoms with E-state index in [4.69, 9.17) is 11.6 Å². The zero-order valence-electron chi connectivity index (χ0n) is 11.4. The molecule has 2 aromatic carbocycles. The maximum Gasteiger partial charge on any atom is 0.196 e. The number of carbonyl (C=O) groups is 2. The number of hydrogen-bond donors (Lipinski definition) is 0. The lowest BCUT2D eigenvalue weighted by molar-refractivity contribution is -0.244. The van der Waals surface area contributed by atoms with Gasteiger partial charge in [-0.05, 0) is 29.3 Å². The fraction of sp³-hybridized carbons (Fsp3) is 0. The molecule has 3 rings (SSSR count).